The van der Waals surface area contributed by atoms with E-state index in [1.165, 1.54) is 16.7 Å². The molecule has 0 saturated carbocycles. The molecule has 0 bridgehead atoms. The van der Waals surface area contributed by atoms with Crippen molar-refractivity contribution in [3.8, 4) is 0 Å². The smallest absolute Gasteiger partial charge is 0.330 e. The average Bonchev–Trinajstić information content (AvgIpc) is 2.52. The van der Waals surface area contributed by atoms with E-state index in [1.54, 1.807) is 6.08 Å². The van der Waals surface area contributed by atoms with Crippen LogP contribution in [0.1, 0.15) is 80.1 Å². The van der Waals surface area contributed by atoms with Crippen molar-refractivity contribution in [1.82, 2.24) is 0 Å². The van der Waals surface area contributed by atoms with Gasteiger partial charge >= 0.3 is 5.97 Å². The third-order valence-electron chi connectivity index (χ3n) is 3.93. The SMILES string of the molecule is CCOC(=O)/C=C(\CC=C(C)C)CC/C=C(\C)CC/C=C(\C)CC. The van der Waals surface area contributed by atoms with Crippen molar-refractivity contribution in [2.45, 2.75) is 80.1 Å². The first kappa shape index (κ1) is 22.4. The monoisotopic (exact) mass is 332 g/mol. The Morgan fingerprint density at radius 1 is 0.875 bits per heavy atom. The average molecular weight is 333 g/mol. The van der Waals surface area contributed by atoms with Crippen LogP contribution in [0.4, 0.5) is 0 Å². The topological polar surface area (TPSA) is 26.3 Å². The highest BCUT2D eigenvalue weighted by molar-refractivity contribution is 5.82. The van der Waals surface area contributed by atoms with E-state index in [-0.39, 0.29) is 5.97 Å². The van der Waals surface area contributed by atoms with Gasteiger partial charge < -0.3 is 4.74 Å². The lowest BCUT2D eigenvalue weighted by molar-refractivity contribution is -0.137. The molecule has 0 saturated heterocycles. The Morgan fingerprint density at radius 3 is 2.08 bits per heavy atom. The van der Waals surface area contributed by atoms with Crippen LogP contribution in [-0.4, -0.2) is 12.6 Å². The molecular formula is C22H36O2. The van der Waals surface area contributed by atoms with Gasteiger partial charge in [-0.2, -0.15) is 0 Å². The van der Waals surface area contributed by atoms with Gasteiger partial charge in [-0.15, -0.1) is 0 Å². The molecule has 136 valence electrons. The van der Waals surface area contributed by atoms with E-state index in [9.17, 15) is 4.79 Å². The van der Waals surface area contributed by atoms with Gasteiger partial charge in [-0.3, -0.25) is 0 Å². The van der Waals surface area contributed by atoms with Gasteiger partial charge in [0.05, 0.1) is 6.61 Å². The predicted octanol–water partition coefficient (Wildman–Crippen LogP) is 6.70. The van der Waals surface area contributed by atoms with Gasteiger partial charge in [-0.25, -0.2) is 4.79 Å². The molecule has 0 aromatic carbocycles. The number of hydrogen-bond acceptors (Lipinski definition) is 2. The van der Waals surface area contributed by atoms with E-state index in [0.29, 0.717) is 6.61 Å². The summed E-state index contributed by atoms with van der Waals surface area (Å²) in [6.45, 7) is 13.0. The van der Waals surface area contributed by atoms with E-state index >= 15 is 0 Å². The fraction of sp³-hybridized carbons (Fsp3) is 0.591. The van der Waals surface area contributed by atoms with Crippen molar-refractivity contribution < 1.29 is 9.53 Å². The first-order valence-electron chi connectivity index (χ1n) is 9.19. The van der Waals surface area contributed by atoms with Crippen LogP contribution in [0.25, 0.3) is 0 Å². The van der Waals surface area contributed by atoms with E-state index in [1.807, 2.05) is 6.92 Å². The third kappa shape index (κ3) is 12.9. The first-order valence-corrected chi connectivity index (χ1v) is 9.19. The number of esters is 1. The van der Waals surface area contributed by atoms with E-state index in [4.69, 9.17) is 4.74 Å². The van der Waals surface area contributed by atoms with Crippen LogP contribution < -0.4 is 0 Å². The molecule has 2 heteroatoms. The fourth-order valence-electron chi connectivity index (χ4n) is 2.22. The molecule has 0 fully saturated rings. The van der Waals surface area contributed by atoms with E-state index < -0.39 is 0 Å². The number of allylic oxidation sites excluding steroid dienone is 7. The molecule has 0 rings (SSSR count). The van der Waals surface area contributed by atoms with Crippen LogP contribution >= 0.6 is 0 Å². The summed E-state index contributed by atoms with van der Waals surface area (Å²) in [4.78, 5) is 11.7. The second kappa shape index (κ2) is 13.8. The van der Waals surface area contributed by atoms with Crippen molar-refractivity contribution >= 4 is 5.97 Å². The molecule has 0 spiro atoms. The van der Waals surface area contributed by atoms with Crippen LogP contribution in [0.15, 0.2) is 46.6 Å². The maximum absolute atomic E-state index is 11.7. The Morgan fingerprint density at radius 2 is 1.50 bits per heavy atom. The number of ether oxygens (including phenoxy) is 1. The summed E-state index contributed by atoms with van der Waals surface area (Å²) in [7, 11) is 0. The van der Waals surface area contributed by atoms with Crippen molar-refractivity contribution in [3.05, 3.63) is 46.6 Å². The molecule has 0 aliphatic heterocycles. The zero-order valence-corrected chi connectivity index (χ0v) is 16.6. The molecule has 0 aliphatic rings. The lowest BCUT2D eigenvalue weighted by Crippen LogP contribution is -2.01. The Bertz CT molecular complexity index is 486. The van der Waals surface area contributed by atoms with Gasteiger partial charge in [0.2, 0.25) is 0 Å². The Kier molecular flexibility index (Phi) is 12.9. The van der Waals surface area contributed by atoms with Crippen LogP contribution in [0.2, 0.25) is 0 Å². The van der Waals surface area contributed by atoms with Gasteiger partial charge in [0, 0.05) is 6.08 Å². The molecule has 0 amide bonds. The fourth-order valence-corrected chi connectivity index (χ4v) is 2.22. The van der Waals surface area contributed by atoms with Crippen LogP contribution in [0, 0.1) is 0 Å². The zero-order chi connectivity index (χ0) is 18.4. The van der Waals surface area contributed by atoms with Gasteiger partial charge in [0.15, 0.2) is 0 Å². The van der Waals surface area contributed by atoms with Crippen LogP contribution in [-0.2, 0) is 9.53 Å². The highest BCUT2D eigenvalue weighted by Crippen LogP contribution is 2.16. The Hall–Kier alpha value is -1.57. The molecule has 0 aromatic heterocycles. The number of hydrogen-bond donors (Lipinski definition) is 0. The quantitative estimate of drug-likeness (QED) is 0.239. The van der Waals surface area contributed by atoms with Crippen molar-refractivity contribution in [2.75, 3.05) is 6.61 Å². The number of carbonyl (C=O) groups is 1. The molecular weight excluding hydrogens is 296 g/mol. The predicted molar refractivity (Wildman–Crippen MR) is 105 cm³/mol. The minimum absolute atomic E-state index is 0.226. The highest BCUT2D eigenvalue weighted by Gasteiger charge is 2.02. The van der Waals surface area contributed by atoms with E-state index in [0.717, 1.165) is 44.1 Å². The van der Waals surface area contributed by atoms with Gasteiger partial charge in [-0.1, -0.05) is 47.4 Å². The maximum atomic E-state index is 11.7. The molecule has 0 unspecified atom stereocenters. The summed E-state index contributed by atoms with van der Waals surface area (Å²) >= 11 is 0. The first-order chi connectivity index (χ1) is 11.4. The summed E-state index contributed by atoms with van der Waals surface area (Å²) in [5.41, 5.74) is 5.30. The number of rotatable bonds is 11. The second-order valence-corrected chi connectivity index (χ2v) is 6.57. The Labute approximate surface area is 149 Å². The van der Waals surface area contributed by atoms with Gasteiger partial charge in [-0.05, 0) is 73.1 Å². The normalized spacial score (nSPS) is 13.0. The third-order valence-corrected chi connectivity index (χ3v) is 3.93. The van der Waals surface area contributed by atoms with E-state index in [2.05, 4.69) is 52.8 Å². The molecule has 0 aliphatic carbocycles. The molecule has 0 atom stereocenters. The van der Waals surface area contributed by atoms with Gasteiger partial charge in [0.1, 0.15) is 0 Å². The minimum atomic E-state index is -0.226. The standard InChI is InChI=1S/C22H36O2/c1-7-19(5)11-9-12-20(6)13-10-14-21(16-15-18(3)4)17-22(23)24-8-2/h11,13,15,17H,7-10,12,14,16H2,1-6H3/b19-11+,20-13+,21-17-. The van der Waals surface area contributed by atoms with Crippen LogP contribution in [0.3, 0.4) is 0 Å². The summed E-state index contributed by atoms with van der Waals surface area (Å²) in [5, 5.41) is 0. The molecule has 2 nitrogen and oxygen atoms in total. The summed E-state index contributed by atoms with van der Waals surface area (Å²) in [6, 6.07) is 0. The molecule has 24 heavy (non-hydrogen) atoms. The van der Waals surface area contributed by atoms with Crippen molar-refractivity contribution in [3.63, 3.8) is 0 Å². The van der Waals surface area contributed by atoms with Crippen molar-refractivity contribution in [2.24, 2.45) is 0 Å². The second-order valence-electron chi connectivity index (χ2n) is 6.57. The summed E-state index contributed by atoms with van der Waals surface area (Å²) < 4.78 is 5.03. The Balaban J connectivity index is 4.55. The zero-order valence-electron chi connectivity index (χ0n) is 16.6. The summed E-state index contributed by atoms with van der Waals surface area (Å²) in [5.74, 6) is -0.226. The maximum Gasteiger partial charge on any atom is 0.330 e. The molecule has 0 heterocycles. The van der Waals surface area contributed by atoms with Gasteiger partial charge in [0.25, 0.3) is 0 Å². The number of carbonyl (C=O) groups excluding carboxylic acids is 1. The summed E-state index contributed by atoms with van der Waals surface area (Å²) in [6.07, 6.45) is 14.5. The highest BCUT2D eigenvalue weighted by atomic mass is 16.5. The minimum Gasteiger partial charge on any atom is -0.463 e. The largest absolute Gasteiger partial charge is 0.463 e. The molecule has 0 N–H and O–H groups in total. The lowest BCUT2D eigenvalue weighted by atomic mass is 10.0. The lowest BCUT2D eigenvalue weighted by Gasteiger charge is -2.05. The molecule has 0 radical (unpaired) electrons. The van der Waals surface area contributed by atoms with Crippen LogP contribution in [0.5, 0.6) is 0 Å². The van der Waals surface area contributed by atoms with Crippen molar-refractivity contribution in [1.29, 1.82) is 0 Å². The molecule has 0 aromatic rings.